The number of nitrogens with zero attached hydrogens (tertiary/aromatic N) is 4. The van der Waals surface area contributed by atoms with Crippen LogP contribution in [0.1, 0.15) is 12.0 Å². The molecule has 2 saturated heterocycles. The summed E-state index contributed by atoms with van der Waals surface area (Å²) < 4.78 is 0. The normalized spacial score (nSPS) is 18.0. The molecule has 0 aliphatic carbocycles. The van der Waals surface area contributed by atoms with Crippen LogP contribution < -0.4 is 4.90 Å². The maximum Gasteiger partial charge on any atom is 0.232 e. The minimum absolute atomic E-state index is 0.0778. The van der Waals surface area contributed by atoms with E-state index in [9.17, 15) is 14.4 Å². The first-order valence-corrected chi connectivity index (χ1v) is 9.13. The number of carbonyl (C=O) groups is 3. The number of carbonyl (C=O) groups excluding carboxylic acids is 3. The second-order valence-corrected chi connectivity index (χ2v) is 6.91. The molecule has 0 bridgehead atoms. The predicted octanol–water partition coefficient (Wildman–Crippen LogP) is 0.334. The van der Waals surface area contributed by atoms with Gasteiger partial charge in [-0.1, -0.05) is 12.1 Å². The minimum Gasteiger partial charge on any atom is -0.368 e. The molecule has 2 aliphatic heterocycles. The number of anilines is 1. The first-order valence-electron chi connectivity index (χ1n) is 9.13. The van der Waals surface area contributed by atoms with Gasteiger partial charge >= 0.3 is 0 Å². The number of amides is 3. The van der Waals surface area contributed by atoms with E-state index >= 15 is 0 Å². The lowest BCUT2D eigenvalue weighted by molar-refractivity contribution is -0.142. The van der Waals surface area contributed by atoms with Gasteiger partial charge in [0, 0.05) is 58.0 Å². The quantitative estimate of drug-likeness (QED) is 0.575. The number of hydrogen-bond donors (Lipinski definition) is 0. The average Bonchev–Trinajstić information content (AvgIpc) is 2.68. The van der Waals surface area contributed by atoms with Gasteiger partial charge in [0.15, 0.2) is 0 Å². The zero-order valence-corrected chi connectivity index (χ0v) is 15.3. The molecule has 1 aromatic carbocycles. The van der Waals surface area contributed by atoms with Crippen molar-refractivity contribution in [3.05, 3.63) is 29.8 Å². The molecule has 26 heavy (non-hydrogen) atoms. The fourth-order valence-electron chi connectivity index (χ4n) is 3.47. The van der Waals surface area contributed by atoms with Crippen LogP contribution in [0.5, 0.6) is 0 Å². The fraction of sp³-hybridized carbons (Fsp3) is 0.526. The van der Waals surface area contributed by atoms with Crippen molar-refractivity contribution in [1.82, 2.24) is 14.7 Å². The molecular weight excluding hydrogens is 332 g/mol. The van der Waals surface area contributed by atoms with Gasteiger partial charge in [0.25, 0.3) is 0 Å². The van der Waals surface area contributed by atoms with Gasteiger partial charge in [-0.3, -0.25) is 14.4 Å². The van der Waals surface area contributed by atoms with Gasteiger partial charge in [-0.15, -0.1) is 0 Å². The maximum absolute atomic E-state index is 12.5. The van der Waals surface area contributed by atoms with Crippen LogP contribution in [0.4, 0.5) is 5.69 Å². The van der Waals surface area contributed by atoms with Crippen LogP contribution in [0.25, 0.3) is 0 Å². The third kappa shape index (κ3) is 4.33. The Morgan fingerprint density at radius 1 is 0.923 bits per heavy atom. The molecule has 0 aromatic heterocycles. The lowest BCUT2D eigenvalue weighted by atomic mass is 10.2. The zero-order valence-electron chi connectivity index (χ0n) is 15.3. The van der Waals surface area contributed by atoms with E-state index in [1.54, 1.807) is 14.7 Å². The standard InChI is InChI=1S/C19H26N4O3/c1-16-3-2-4-17(13-16)21-9-11-23(12-10-21)19(26)14-18(25)22-7-5-20(15-24)6-8-22/h2-4,13,15H,5-12,14H2,1H3. The molecule has 3 rings (SSSR count). The van der Waals surface area contributed by atoms with Crippen molar-refractivity contribution in [3.8, 4) is 0 Å². The monoisotopic (exact) mass is 358 g/mol. The molecule has 0 unspecified atom stereocenters. The highest BCUT2D eigenvalue weighted by molar-refractivity contribution is 5.97. The van der Waals surface area contributed by atoms with E-state index in [1.165, 1.54) is 11.3 Å². The summed E-state index contributed by atoms with van der Waals surface area (Å²) in [6.07, 6.45) is 0.728. The number of aryl methyl sites for hydroxylation is 1. The largest absolute Gasteiger partial charge is 0.368 e. The summed E-state index contributed by atoms with van der Waals surface area (Å²) in [7, 11) is 0. The SMILES string of the molecule is Cc1cccc(N2CCN(C(=O)CC(=O)N3CCN(C=O)CC3)CC2)c1. The van der Waals surface area contributed by atoms with E-state index < -0.39 is 0 Å². The Balaban J connectivity index is 1.46. The summed E-state index contributed by atoms with van der Waals surface area (Å²) in [5, 5.41) is 0. The van der Waals surface area contributed by atoms with Crippen molar-refractivity contribution in [2.24, 2.45) is 0 Å². The van der Waals surface area contributed by atoms with Gasteiger partial charge < -0.3 is 19.6 Å². The van der Waals surface area contributed by atoms with E-state index in [4.69, 9.17) is 0 Å². The molecule has 7 nitrogen and oxygen atoms in total. The van der Waals surface area contributed by atoms with Crippen LogP contribution in [0.2, 0.25) is 0 Å². The third-order valence-electron chi connectivity index (χ3n) is 5.12. The van der Waals surface area contributed by atoms with Crippen LogP contribution in [0.3, 0.4) is 0 Å². The van der Waals surface area contributed by atoms with Crippen LogP contribution in [0.15, 0.2) is 24.3 Å². The number of rotatable bonds is 4. The lowest BCUT2D eigenvalue weighted by Crippen LogP contribution is -2.51. The molecule has 0 radical (unpaired) electrons. The van der Waals surface area contributed by atoms with E-state index in [0.717, 1.165) is 19.5 Å². The summed E-state index contributed by atoms with van der Waals surface area (Å²) in [4.78, 5) is 42.9. The van der Waals surface area contributed by atoms with Crippen molar-refractivity contribution in [2.45, 2.75) is 13.3 Å². The summed E-state index contributed by atoms with van der Waals surface area (Å²) in [6, 6.07) is 8.36. The fourth-order valence-corrected chi connectivity index (χ4v) is 3.47. The van der Waals surface area contributed by atoms with Crippen molar-refractivity contribution in [2.75, 3.05) is 57.3 Å². The lowest BCUT2D eigenvalue weighted by Gasteiger charge is -2.37. The topological polar surface area (TPSA) is 64.2 Å². The molecular formula is C19H26N4O3. The first-order chi connectivity index (χ1) is 12.6. The molecule has 2 heterocycles. The predicted molar refractivity (Wildman–Crippen MR) is 98.8 cm³/mol. The van der Waals surface area contributed by atoms with Crippen LogP contribution in [-0.4, -0.2) is 85.3 Å². The second-order valence-electron chi connectivity index (χ2n) is 6.91. The molecule has 7 heteroatoms. The van der Waals surface area contributed by atoms with Gasteiger partial charge in [-0.25, -0.2) is 0 Å². The van der Waals surface area contributed by atoms with Gasteiger partial charge in [0.05, 0.1) is 0 Å². The maximum atomic E-state index is 12.5. The Morgan fingerprint density at radius 2 is 1.50 bits per heavy atom. The molecule has 0 N–H and O–H groups in total. The molecule has 0 atom stereocenters. The Labute approximate surface area is 154 Å². The molecule has 3 amide bonds. The molecule has 2 fully saturated rings. The number of piperazine rings is 2. The van der Waals surface area contributed by atoms with Crippen molar-refractivity contribution in [1.29, 1.82) is 0 Å². The van der Waals surface area contributed by atoms with E-state index in [2.05, 4.69) is 30.0 Å². The van der Waals surface area contributed by atoms with Crippen molar-refractivity contribution >= 4 is 23.9 Å². The van der Waals surface area contributed by atoms with Gasteiger partial charge in [0.2, 0.25) is 18.2 Å². The van der Waals surface area contributed by atoms with E-state index in [1.807, 2.05) is 6.07 Å². The van der Waals surface area contributed by atoms with Crippen molar-refractivity contribution in [3.63, 3.8) is 0 Å². The number of hydrogen-bond acceptors (Lipinski definition) is 4. The van der Waals surface area contributed by atoms with Crippen LogP contribution >= 0.6 is 0 Å². The first kappa shape index (κ1) is 18.2. The van der Waals surface area contributed by atoms with Crippen LogP contribution in [-0.2, 0) is 14.4 Å². The Kier molecular flexibility index (Phi) is 5.75. The van der Waals surface area contributed by atoms with Gasteiger partial charge in [-0.05, 0) is 24.6 Å². The van der Waals surface area contributed by atoms with Gasteiger partial charge in [0.1, 0.15) is 6.42 Å². The third-order valence-corrected chi connectivity index (χ3v) is 5.12. The summed E-state index contributed by atoms with van der Waals surface area (Å²) in [6.45, 7) is 7.00. The summed E-state index contributed by atoms with van der Waals surface area (Å²) in [5.74, 6) is -0.238. The second kappa shape index (κ2) is 8.21. The zero-order chi connectivity index (χ0) is 18.5. The summed E-state index contributed by atoms with van der Waals surface area (Å²) in [5.41, 5.74) is 2.41. The van der Waals surface area contributed by atoms with Gasteiger partial charge in [-0.2, -0.15) is 0 Å². The molecule has 0 saturated carbocycles. The molecule has 140 valence electrons. The smallest absolute Gasteiger partial charge is 0.232 e. The van der Waals surface area contributed by atoms with Crippen molar-refractivity contribution < 1.29 is 14.4 Å². The molecule has 1 aromatic rings. The minimum atomic E-state index is -0.137. The Morgan fingerprint density at radius 3 is 2.04 bits per heavy atom. The van der Waals surface area contributed by atoms with Crippen LogP contribution in [0, 0.1) is 6.92 Å². The Hall–Kier alpha value is -2.57. The highest BCUT2D eigenvalue weighted by atomic mass is 16.2. The number of benzene rings is 1. The highest BCUT2D eigenvalue weighted by Crippen LogP contribution is 2.18. The highest BCUT2D eigenvalue weighted by Gasteiger charge is 2.26. The molecule has 2 aliphatic rings. The Bertz CT molecular complexity index is 663. The van der Waals surface area contributed by atoms with E-state index in [0.29, 0.717) is 39.3 Å². The summed E-state index contributed by atoms with van der Waals surface area (Å²) >= 11 is 0. The van der Waals surface area contributed by atoms with E-state index in [-0.39, 0.29) is 18.2 Å². The molecule has 0 spiro atoms. The average molecular weight is 358 g/mol.